The van der Waals surface area contributed by atoms with E-state index in [-0.39, 0.29) is 0 Å². The van der Waals surface area contributed by atoms with E-state index in [1.807, 2.05) is 32.9 Å². The molecule has 2 aromatic heterocycles. The van der Waals surface area contributed by atoms with Gasteiger partial charge >= 0.3 is 0 Å². The fourth-order valence-electron chi connectivity index (χ4n) is 2.54. The van der Waals surface area contributed by atoms with Crippen LogP contribution in [0, 0.1) is 0 Å². The third-order valence-corrected chi connectivity index (χ3v) is 3.81. The zero-order valence-electron chi connectivity index (χ0n) is 15.9. The fraction of sp³-hybridized carbons (Fsp3) is 0.333. The Kier molecular flexibility index (Phi) is 5.96. The Hall–Kier alpha value is -2.91. The molecule has 0 radical (unpaired) electrons. The average Bonchev–Trinajstić information content (AvgIpc) is 3.04. The maximum absolute atomic E-state index is 11.2. The number of H-pyrrole nitrogens is 1. The van der Waals surface area contributed by atoms with Crippen LogP contribution in [0.25, 0.3) is 11.0 Å². The third-order valence-electron chi connectivity index (χ3n) is 3.58. The summed E-state index contributed by atoms with van der Waals surface area (Å²) in [4.78, 5) is 25.3. The van der Waals surface area contributed by atoms with Gasteiger partial charge in [-0.3, -0.25) is 14.7 Å². The van der Waals surface area contributed by atoms with Gasteiger partial charge in [-0.1, -0.05) is 17.7 Å². The number of hydrogen-bond donors (Lipinski definition) is 3. The van der Waals surface area contributed by atoms with Gasteiger partial charge in [0, 0.05) is 17.3 Å². The van der Waals surface area contributed by atoms with Crippen LogP contribution in [-0.4, -0.2) is 50.3 Å². The molecule has 3 rings (SSSR count). The number of aromatic amines is 1. The molecule has 0 aliphatic rings. The van der Waals surface area contributed by atoms with Gasteiger partial charge in [-0.2, -0.15) is 5.10 Å². The van der Waals surface area contributed by atoms with Crippen LogP contribution in [0.3, 0.4) is 0 Å². The van der Waals surface area contributed by atoms with Crippen molar-refractivity contribution in [3.05, 3.63) is 35.6 Å². The smallest absolute Gasteiger partial charge is 0.233 e. The van der Waals surface area contributed by atoms with Crippen LogP contribution >= 0.6 is 11.6 Å². The van der Waals surface area contributed by atoms with Crippen molar-refractivity contribution in [2.45, 2.75) is 26.4 Å². The quantitative estimate of drug-likeness (QED) is 0.391. The molecule has 0 atom stereocenters. The Morgan fingerprint density at radius 2 is 2.11 bits per heavy atom. The Labute approximate surface area is 167 Å². The van der Waals surface area contributed by atoms with E-state index in [1.54, 1.807) is 12.1 Å². The van der Waals surface area contributed by atoms with Crippen LogP contribution < -0.4 is 10.6 Å². The largest absolute Gasteiger partial charge is 0.366 e. The number of rotatable bonds is 8. The summed E-state index contributed by atoms with van der Waals surface area (Å²) in [6.07, 6.45) is 2.10. The van der Waals surface area contributed by atoms with Crippen molar-refractivity contribution < 1.29 is 9.63 Å². The van der Waals surface area contributed by atoms with Crippen molar-refractivity contribution in [3.63, 3.8) is 0 Å². The van der Waals surface area contributed by atoms with Gasteiger partial charge in [-0.25, -0.2) is 15.0 Å². The second-order valence-corrected chi connectivity index (χ2v) is 7.47. The van der Waals surface area contributed by atoms with Crippen molar-refractivity contribution in [2.75, 3.05) is 23.7 Å². The molecule has 0 fully saturated rings. The summed E-state index contributed by atoms with van der Waals surface area (Å²) < 4.78 is 0. The molecule has 0 aliphatic carbocycles. The van der Waals surface area contributed by atoms with Gasteiger partial charge in [0.25, 0.3) is 0 Å². The standard InChI is InChI=1S/C18H22ClN7O2/c1-18(2,3)28-26(11-27)8-7-20-16-14-15(21-10-22-17(14)25-24-16)23-13-6-4-5-12(19)9-13/h4-6,9-11H,7-8H2,1-3H3,(H3,20,21,22,23,24,25). The van der Waals surface area contributed by atoms with E-state index in [2.05, 4.69) is 30.8 Å². The number of aromatic nitrogens is 4. The molecular formula is C18H22ClN7O2. The number of carbonyl (C=O) groups excluding carboxylic acids is 1. The van der Waals surface area contributed by atoms with E-state index in [9.17, 15) is 4.79 Å². The van der Waals surface area contributed by atoms with E-state index in [4.69, 9.17) is 16.4 Å². The molecule has 0 unspecified atom stereocenters. The first-order valence-electron chi connectivity index (χ1n) is 8.72. The molecule has 2 heterocycles. The molecule has 0 spiro atoms. The van der Waals surface area contributed by atoms with Gasteiger partial charge in [-0.15, -0.1) is 0 Å². The Morgan fingerprint density at radius 1 is 1.29 bits per heavy atom. The van der Waals surface area contributed by atoms with Crippen molar-refractivity contribution >= 4 is 46.4 Å². The molecule has 0 bridgehead atoms. The summed E-state index contributed by atoms with van der Waals surface area (Å²) >= 11 is 6.05. The lowest BCUT2D eigenvalue weighted by Crippen LogP contribution is -2.36. The highest BCUT2D eigenvalue weighted by atomic mass is 35.5. The Morgan fingerprint density at radius 3 is 2.82 bits per heavy atom. The summed E-state index contributed by atoms with van der Waals surface area (Å²) in [6.45, 7) is 6.41. The molecule has 0 saturated heterocycles. The molecule has 10 heteroatoms. The number of amides is 1. The van der Waals surface area contributed by atoms with Crippen molar-refractivity contribution in [2.24, 2.45) is 0 Å². The average molecular weight is 404 g/mol. The normalized spacial score (nSPS) is 11.4. The predicted molar refractivity (Wildman–Crippen MR) is 109 cm³/mol. The summed E-state index contributed by atoms with van der Waals surface area (Å²) in [5, 5.41) is 16.1. The highest BCUT2D eigenvalue weighted by molar-refractivity contribution is 6.30. The topological polar surface area (TPSA) is 108 Å². The molecular weight excluding hydrogens is 382 g/mol. The number of carbonyl (C=O) groups is 1. The first-order chi connectivity index (χ1) is 13.4. The number of nitrogens with zero attached hydrogens (tertiary/aromatic N) is 4. The maximum atomic E-state index is 11.2. The number of hydrogen-bond acceptors (Lipinski definition) is 7. The highest BCUT2D eigenvalue weighted by Gasteiger charge is 2.17. The molecule has 3 N–H and O–H groups in total. The lowest BCUT2D eigenvalue weighted by molar-refractivity contribution is -0.214. The van der Waals surface area contributed by atoms with Gasteiger partial charge in [0.05, 0.1) is 12.1 Å². The minimum atomic E-state index is -0.457. The molecule has 1 aromatic carbocycles. The van der Waals surface area contributed by atoms with Crippen LogP contribution in [0.2, 0.25) is 5.02 Å². The summed E-state index contributed by atoms with van der Waals surface area (Å²) in [5.74, 6) is 1.16. The van der Waals surface area contributed by atoms with Crippen LogP contribution in [0.1, 0.15) is 20.8 Å². The third kappa shape index (κ3) is 5.08. The zero-order valence-corrected chi connectivity index (χ0v) is 16.6. The van der Waals surface area contributed by atoms with Crippen LogP contribution in [0.4, 0.5) is 17.3 Å². The van der Waals surface area contributed by atoms with E-state index in [0.29, 0.717) is 47.2 Å². The van der Waals surface area contributed by atoms with Gasteiger partial charge in [-0.05, 0) is 39.0 Å². The van der Waals surface area contributed by atoms with E-state index < -0.39 is 5.60 Å². The van der Waals surface area contributed by atoms with Gasteiger partial charge < -0.3 is 10.6 Å². The van der Waals surface area contributed by atoms with Crippen molar-refractivity contribution in [1.29, 1.82) is 0 Å². The fourth-order valence-corrected chi connectivity index (χ4v) is 2.73. The lowest BCUT2D eigenvalue weighted by atomic mass is 10.2. The van der Waals surface area contributed by atoms with Crippen LogP contribution in [0.5, 0.6) is 0 Å². The minimum absolute atomic E-state index is 0.347. The van der Waals surface area contributed by atoms with E-state index >= 15 is 0 Å². The second kappa shape index (κ2) is 8.41. The monoisotopic (exact) mass is 403 g/mol. The second-order valence-electron chi connectivity index (χ2n) is 7.03. The van der Waals surface area contributed by atoms with E-state index in [1.165, 1.54) is 11.4 Å². The molecule has 148 valence electrons. The number of halogens is 1. The predicted octanol–water partition coefficient (Wildman–Crippen LogP) is 3.35. The number of fused-ring (bicyclic) bond motifs is 1. The molecule has 28 heavy (non-hydrogen) atoms. The number of hydroxylamine groups is 2. The summed E-state index contributed by atoms with van der Waals surface area (Å²) in [6, 6.07) is 7.33. The summed E-state index contributed by atoms with van der Waals surface area (Å²) in [5.41, 5.74) is 0.924. The lowest BCUT2D eigenvalue weighted by Gasteiger charge is -2.26. The van der Waals surface area contributed by atoms with Crippen LogP contribution in [0.15, 0.2) is 30.6 Å². The molecule has 3 aromatic rings. The Bertz CT molecular complexity index is 955. The van der Waals surface area contributed by atoms with Crippen LogP contribution in [-0.2, 0) is 9.63 Å². The maximum Gasteiger partial charge on any atom is 0.233 e. The minimum Gasteiger partial charge on any atom is -0.366 e. The van der Waals surface area contributed by atoms with Crippen molar-refractivity contribution in [3.8, 4) is 0 Å². The number of anilines is 3. The van der Waals surface area contributed by atoms with Crippen molar-refractivity contribution in [1.82, 2.24) is 25.2 Å². The highest BCUT2D eigenvalue weighted by Crippen LogP contribution is 2.28. The van der Waals surface area contributed by atoms with Gasteiger partial charge in [0.1, 0.15) is 17.5 Å². The van der Waals surface area contributed by atoms with Gasteiger partial charge in [0.15, 0.2) is 11.5 Å². The first-order valence-corrected chi connectivity index (χ1v) is 9.10. The number of nitrogens with one attached hydrogen (secondary N) is 3. The molecule has 9 nitrogen and oxygen atoms in total. The first kappa shape index (κ1) is 19.8. The summed E-state index contributed by atoms with van der Waals surface area (Å²) in [7, 11) is 0. The SMILES string of the molecule is CC(C)(C)ON(C=O)CCNc1n[nH]c2ncnc(Nc3cccc(Cl)c3)c12. The molecule has 0 saturated carbocycles. The Balaban J connectivity index is 1.74. The zero-order chi connectivity index (χ0) is 20.1. The molecule has 0 aliphatic heterocycles. The van der Waals surface area contributed by atoms with Gasteiger partial charge in [0.2, 0.25) is 6.41 Å². The number of benzene rings is 1. The van der Waals surface area contributed by atoms with E-state index in [0.717, 1.165) is 5.69 Å². The molecule has 1 amide bonds.